The van der Waals surface area contributed by atoms with E-state index in [1.54, 1.807) is 30.3 Å². The molecule has 0 atom stereocenters. The van der Waals surface area contributed by atoms with Gasteiger partial charge >= 0.3 is 0 Å². The molecule has 1 heterocycles. The van der Waals surface area contributed by atoms with E-state index in [1.807, 2.05) is 0 Å². The van der Waals surface area contributed by atoms with Crippen molar-refractivity contribution in [3.05, 3.63) is 59.5 Å². The molecule has 0 aliphatic carbocycles. The first kappa shape index (κ1) is 20.2. The molecule has 0 spiro atoms. The van der Waals surface area contributed by atoms with Gasteiger partial charge in [-0.15, -0.1) is 0 Å². The summed E-state index contributed by atoms with van der Waals surface area (Å²) in [7, 11) is 4.60. The quantitative estimate of drug-likeness (QED) is 0.608. The highest BCUT2D eigenvalue weighted by molar-refractivity contribution is 5.93. The molecule has 0 aliphatic rings. The molecular formula is C21H22FN3O4. The number of hydrogen-bond donors (Lipinski definition) is 2. The minimum atomic E-state index is -0.283. The van der Waals surface area contributed by atoms with Gasteiger partial charge < -0.3 is 19.5 Å². The van der Waals surface area contributed by atoms with Crippen molar-refractivity contribution in [3.63, 3.8) is 0 Å². The number of halogens is 1. The predicted molar refractivity (Wildman–Crippen MR) is 106 cm³/mol. The Hall–Kier alpha value is -3.55. The summed E-state index contributed by atoms with van der Waals surface area (Å²) in [5.74, 6) is 0.909. The summed E-state index contributed by atoms with van der Waals surface area (Å²) in [5, 5.41) is 9.77. The van der Waals surface area contributed by atoms with E-state index in [0.29, 0.717) is 47.2 Å². The highest BCUT2D eigenvalue weighted by Crippen LogP contribution is 2.40. The zero-order valence-corrected chi connectivity index (χ0v) is 16.4. The van der Waals surface area contributed by atoms with Crippen LogP contribution in [0.5, 0.6) is 17.2 Å². The van der Waals surface area contributed by atoms with Crippen LogP contribution >= 0.6 is 0 Å². The molecule has 0 fully saturated rings. The Morgan fingerprint density at radius 1 is 1.03 bits per heavy atom. The minimum Gasteiger partial charge on any atom is -0.493 e. The van der Waals surface area contributed by atoms with Crippen LogP contribution in [0.4, 0.5) is 4.39 Å². The highest BCUT2D eigenvalue weighted by atomic mass is 19.1. The summed E-state index contributed by atoms with van der Waals surface area (Å²) >= 11 is 0. The lowest BCUT2D eigenvalue weighted by Gasteiger charge is -2.13. The molecular weight excluding hydrogens is 377 g/mol. The number of benzene rings is 2. The Labute approximate surface area is 167 Å². The summed E-state index contributed by atoms with van der Waals surface area (Å²) in [6.45, 7) is 0.420. The van der Waals surface area contributed by atoms with Crippen molar-refractivity contribution < 1.29 is 23.4 Å². The number of methoxy groups -OCH3 is 3. The van der Waals surface area contributed by atoms with Crippen molar-refractivity contribution in [1.82, 2.24) is 15.5 Å². The van der Waals surface area contributed by atoms with E-state index >= 15 is 0 Å². The van der Waals surface area contributed by atoms with E-state index < -0.39 is 0 Å². The Balaban J connectivity index is 1.69. The third kappa shape index (κ3) is 4.66. The standard InChI is InChI=1S/C21H22FN3O4/c1-27-18-10-14(11-19(28-2)20(18)29-3)16-12-17(25-24-16)21(26)23-9-8-13-4-6-15(22)7-5-13/h4-7,10-12H,8-9H2,1-3H3,(H,23,26)(H,24,25). The van der Waals surface area contributed by atoms with E-state index in [-0.39, 0.29) is 11.7 Å². The van der Waals surface area contributed by atoms with Gasteiger partial charge in [0, 0.05) is 12.1 Å². The van der Waals surface area contributed by atoms with Crippen LogP contribution < -0.4 is 19.5 Å². The lowest BCUT2D eigenvalue weighted by molar-refractivity contribution is 0.0949. The lowest BCUT2D eigenvalue weighted by atomic mass is 10.1. The van der Waals surface area contributed by atoms with Gasteiger partial charge in [-0.3, -0.25) is 9.89 Å². The first-order chi connectivity index (χ1) is 14.0. The van der Waals surface area contributed by atoms with E-state index in [9.17, 15) is 9.18 Å². The minimum absolute atomic E-state index is 0.279. The lowest BCUT2D eigenvalue weighted by Crippen LogP contribution is -2.26. The van der Waals surface area contributed by atoms with Crippen LogP contribution in [-0.4, -0.2) is 44.0 Å². The molecule has 1 amide bonds. The number of aromatic amines is 1. The smallest absolute Gasteiger partial charge is 0.269 e. The largest absolute Gasteiger partial charge is 0.493 e. The van der Waals surface area contributed by atoms with Crippen molar-refractivity contribution in [2.45, 2.75) is 6.42 Å². The maximum Gasteiger partial charge on any atom is 0.269 e. The van der Waals surface area contributed by atoms with Crippen LogP contribution in [0.3, 0.4) is 0 Å². The number of nitrogens with zero attached hydrogens (tertiary/aromatic N) is 1. The molecule has 0 saturated heterocycles. The third-order valence-electron chi connectivity index (χ3n) is 4.40. The van der Waals surface area contributed by atoms with E-state index in [1.165, 1.54) is 33.5 Å². The molecule has 7 nitrogen and oxygen atoms in total. The second kappa shape index (κ2) is 9.09. The zero-order valence-electron chi connectivity index (χ0n) is 16.4. The number of amides is 1. The predicted octanol–water partition coefficient (Wildman–Crippen LogP) is 3.21. The van der Waals surface area contributed by atoms with E-state index in [2.05, 4.69) is 15.5 Å². The van der Waals surface area contributed by atoms with Crippen molar-refractivity contribution in [2.24, 2.45) is 0 Å². The number of hydrogen-bond acceptors (Lipinski definition) is 5. The molecule has 29 heavy (non-hydrogen) atoms. The Bertz CT molecular complexity index is 961. The van der Waals surface area contributed by atoms with Gasteiger partial charge in [-0.25, -0.2) is 4.39 Å². The maximum absolute atomic E-state index is 12.9. The summed E-state index contributed by atoms with van der Waals surface area (Å²) in [5.41, 5.74) is 2.54. The fourth-order valence-electron chi connectivity index (χ4n) is 2.88. The van der Waals surface area contributed by atoms with Crippen LogP contribution in [0.25, 0.3) is 11.3 Å². The zero-order chi connectivity index (χ0) is 20.8. The van der Waals surface area contributed by atoms with Gasteiger partial charge in [0.1, 0.15) is 11.5 Å². The van der Waals surface area contributed by atoms with Gasteiger partial charge in [-0.2, -0.15) is 5.10 Å². The first-order valence-corrected chi connectivity index (χ1v) is 8.94. The van der Waals surface area contributed by atoms with Gasteiger partial charge in [0.2, 0.25) is 5.75 Å². The van der Waals surface area contributed by atoms with Crippen LogP contribution in [0.1, 0.15) is 16.1 Å². The SMILES string of the molecule is COc1cc(-c2cc(C(=O)NCCc3ccc(F)cc3)[nH]n2)cc(OC)c1OC. The molecule has 1 aromatic heterocycles. The number of ether oxygens (including phenoxy) is 3. The number of carbonyl (C=O) groups excluding carboxylic acids is 1. The fraction of sp³-hybridized carbons (Fsp3) is 0.238. The molecule has 3 aromatic rings. The van der Waals surface area contributed by atoms with Crippen LogP contribution in [0.15, 0.2) is 42.5 Å². The third-order valence-corrected chi connectivity index (χ3v) is 4.40. The molecule has 3 rings (SSSR count). The Morgan fingerprint density at radius 3 is 2.28 bits per heavy atom. The number of aromatic nitrogens is 2. The molecule has 0 aliphatic heterocycles. The van der Waals surface area contributed by atoms with Crippen LogP contribution in [0.2, 0.25) is 0 Å². The van der Waals surface area contributed by atoms with E-state index in [0.717, 1.165) is 5.56 Å². The molecule has 8 heteroatoms. The Morgan fingerprint density at radius 2 is 1.69 bits per heavy atom. The molecule has 152 valence electrons. The second-order valence-electron chi connectivity index (χ2n) is 6.21. The number of nitrogens with one attached hydrogen (secondary N) is 2. The van der Waals surface area contributed by atoms with Gasteiger partial charge in [-0.05, 0) is 42.3 Å². The highest BCUT2D eigenvalue weighted by Gasteiger charge is 2.17. The van der Waals surface area contributed by atoms with Crippen LogP contribution in [-0.2, 0) is 6.42 Å². The Kier molecular flexibility index (Phi) is 6.33. The van der Waals surface area contributed by atoms with Gasteiger partial charge in [0.25, 0.3) is 5.91 Å². The second-order valence-corrected chi connectivity index (χ2v) is 6.21. The number of rotatable bonds is 8. The van der Waals surface area contributed by atoms with Gasteiger partial charge in [-0.1, -0.05) is 12.1 Å². The average Bonchev–Trinajstić information content (AvgIpc) is 3.24. The fourth-order valence-corrected chi connectivity index (χ4v) is 2.88. The summed E-state index contributed by atoms with van der Waals surface area (Å²) < 4.78 is 29.0. The molecule has 2 N–H and O–H groups in total. The molecule has 0 bridgehead atoms. The van der Waals surface area contributed by atoms with Crippen LogP contribution in [0, 0.1) is 5.82 Å². The topological polar surface area (TPSA) is 85.5 Å². The van der Waals surface area contributed by atoms with E-state index in [4.69, 9.17) is 14.2 Å². The average molecular weight is 399 g/mol. The first-order valence-electron chi connectivity index (χ1n) is 8.94. The van der Waals surface area contributed by atoms with Crippen molar-refractivity contribution in [1.29, 1.82) is 0 Å². The summed E-state index contributed by atoms with van der Waals surface area (Å²) in [6, 6.07) is 11.3. The number of H-pyrrole nitrogens is 1. The normalized spacial score (nSPS) is 10.5. The van der Waals surface area contributed by atoms with Gasteiger partial charge in [0.15, 0.2) is 11.5 Å². The summed E-state index contributed by atoms with van der Waals surface area (Å²) in [6.07, 6.45) is 0.597. The maximum atomic E-state index is 12.9. The molecule has 0 radical (unpaired) electrons. The van der Waals surface area contributed by atoms with Crippen molar-refractivity contribution in [3.8, 4) is 28.5 Å². The molecule has 0 unspecified atom stereocenters. The van der Waals surface area contributed by atoms with Gasteiger partial charge in [0.05, 0.1) is 27.0 Å². The summed E-state index contributed by atoms with van der Waals surface area (Å²) in [4.78, 5) is 12.4. The van der Waals surface area contributed by atoms with Crippen molar-refractivity contribution >= 4 is 5.91 Å². The molecule has 2 aromatic carbocycles. The number of carbonyl (C=O) groups is 1. The monoisotopic (exact) mass is 399 g/mol. The molecule has 0 saturated carbocycles. The van der Waals surface area contributed by atoms with Crippen molar-refractivity contribution in [2.75, 3.05) is 27.9 Å².